The Morgan fingerprint density at radius 2 is 2.13 bits per heavy atom. The van der Waals surface area contributed by atoms with E-state index in [0.717, 1.165) is 5.69 Å². The fraction of sp³-hybridized carbons (Fsp3) is 0.375. The number of hydrogen-bond acceptors (Lipinski definition) is 4. The van der Waals surface area contributed by atoms with Gasteiger partial charge in [0.2, 0.25) is 5.28 Å². The molecule has 0 aliphatic rings. The minimum atomic E-state index is 0. The number of aromatic nitrogens is 4. The summed E-state index contributed by atoms with van der Waals surface area (Å²) in [5, 5.41) is 4.21. The van der Waals surface area contributed by atoms with Crippen LogP contribution in [0.25, 0.3) is 5.78 Å². The Morgan fingerprint density at radius 1 is 1.47 bits per heavy atom. The van der Waals surface area contributed by atoms with Crippen LogP contribution in [0.4, 0.5) is 5.69 Å². The van der Waals surface area contributed by atoms with E-state index in [0.29, 0.717) is 11.5 Å². The standard InChI is InChI=1S/C8H10ClN5.ClH/c1-4(2)6-5(10)3-11-8-12-7(9)13-14(6)8;/h3-4H,10H2,1-2H3;1H. The molecule has 0 saturated heterocycles. The number of rotatable bonds is 1. The molecule has 2 N–H and O–H groups in total. The van der Waals surface area contributed by atoms with E-state index in [-0.39, 0.29) is 23.6 Å². The first kappa shape index (κ1) is 12.0. The van der Waals surface area contributed by atoms with Crippen molar-refractivity contribution in [3.05, 3.63) is 17.2 Å². The average molecular weight is 248 g/mol. The van der Waals surface area contributed by atoms with Crippen molar-refractivity contribution in [2.45, 2.75) is 19.8 Å². The van der Waals surface area contributed by atoms with E-state index in [4.69, 9.17) is 17.3 Å². The molecule has 2 aromatic heterocycles. The first-order valence-corrected chi connectivity index (χ1v) is 4.64. The zero-order valence-electron chi connectivity index (χ0n) is 8.31. The lowest BCUT2D eigenvalue weighted by Crippen LogP contribution is -2.07. The molecule has 0 spiro atoms. The van der Waals surface area contributed by atoms with Gasteiger partial charge in [-0.1, -0.05) is 13.8 Å². The lowest BCUT2D eigenvalue weighted by Gasteiger charge is -2.09. The molecule has 0 fully saturated rings. The summed E-state index contributed by atoms with van der Waals surface area (Å²) in [5.74, 6) is 0.728. The van der Waals surface area contributed by atoms with Gasteiger partial charge < -0.3 is 5.73 Å². The van der Waals surface area contributed by atoms with Crippen LogP contribution in [0.5, 0.6) is 0 Å². The maximum atomic E-state index is 5.80. The van der Waals surface area contributed by atoms with E-state index in [1.165, 1.54) is 0 Å². The van der Waals surface area contributed by atoms with Gasteiger partial charge >= 0.3 is 0 Å². The third kappa shape index (κ3) is 1.98. The highest BCUT2D eigenvalue weighted by molar-refractivity contribution is 6.28. The fourth-order valence-electron chi connectivity index (χ4n) is 1.42. The van der Waals surface area contributed by atoms with Crippen molar-refractivity contribution in [2.24, 2.45) is 0 Å². The Kier molecular flexibility index (Phi) is 3.36. The molecule has 0 saturated carbocycles. The normalized spacial score (nSPS) is 10.7. The van der Waals surface area contributed by atoms with Crippen LogP contribution in [-0.2, 0) is 0 Å². The van der Waals surface area contributed by atoms with E-state index in [9.17, 15) is 0 Å². The van der Waals surface area contributed by atoms with E-state index < -0.39 is 0 Å². The highest BCUT2D eigenvalue weighted by Crippen LogP contribution is 2.21. The highest BCUT2D eigenvalue weighted by Gasteiger charge is 2.13. The molecule has 7 heteroatoms. The zero-order chi connectivity index (χ0) is 10.3. The minimum absolute atomic E-state index is 0. The Labute approximate surface area is 98.1 Å². The van der Waals surface area contributed by atoms with Gasteiger partial charge in [-0.05, 0) is 17.5 Å². The fourth-order valence-corrected chi connectivity index (χ4v) is 1.57. The summed E-state index contributed by atoms with van der Waals surface area (Å²) < 4.78 is 1.59. The van der Waals surface area contributed by atoms with Crippen molar-refractivity contribution in [3.8, 4) is 0 Å². The molecule has 0 atom stereocenters. The number of nitrogen functional groups attached to an aromatic ring is 1. The summed E-state index contributed by atoms with van der Waals surface area (Å²) in [6.45, 7) is 4.06. The smallest absolute Gasteiger partial charge is 0.253 e. The lowest BCUT2D eigenvalue weighted by molar-refractivity contribution is 0.753. The van der Waals surface area contributed by atoms with Crippen LogP contribution >= 0.6 is 24.0 Å². The first-order valence-electron chi connectivity index (χ1n) is 4.26. The molecule has 15 heavy (non-hydrogen) atoms. The van der Waals surface area contributed by atoms with Crippen LogP contribution < -0.4 is 5.73 Å². The molecule has 2 heterocycles. The summed E-state index contributed by atoms with van der Waals surface area (Å²) in [6, 6.07) is 0. The average Bonchev–Trinajstić information content (AvgIpc) is 2.43. The highest BCUT2D eigenvalue weighted by atomic mass is 35.5. The van der Waals surface area contributed by atoms with Gasteiger partial charge in [0.25, 0.3) is 5.78 Å². The quantitative estimate of drug-likeness (QED) is 0.836. The van der Waals surface area contributed by atoms with Crippen LogP contribution in [0.15, 0.2) is 6.20 Å². The van der Waals surface area contributed by atoms with Crippen molar-refractivity contribution in [1.82, 2.24) is 19.6 Å². The predicted molar refractivity (Wildman–Crippen MR) is 61.5 cm³/mol. The number of halogens is 2. The summed E-state index contributed by atoms with van der Waals surface area (Å²) >= 11 is 5.69. The van der Waals surface area contributed by atoms with E-state index in [1.807, 2.05) is 13.8 Å². The van der Waals surface area contributed by atoms with Crippen LogP contribution in [0.2, 0.25) is 5.28 Å². The van der Waals surface area contributed by atoms with Crippen LogP contribution in [0, 0.1) is 0 Å². The molecule has 0 radical (unpaired) electrons. The summed E-state index contributed by atoms with van der Waals surface area (Å²) in [7, 11) is 0. The third-order valence-electron chi connectivity index (χ3n) is 1.95. The molecule has 82 valence electrons. The van der Waals surface area contributed by atoms with Crippen LogP contribution in [0.1, 0.15) is 25.5 Å². The van der Waals surface area contributed by atoms with E-state index in [2.05, 4.69) is 15.1 Å². The second-order valence-corrected chi connectivity index (χ2v) is 3.68. The number of nitrogens with zero attached hydrogens (tertiary/aromatic N) is 4. The van der Waals surface area contributed by atoms with Crippen molar-refractivity contribution in [3.63, 3.8) is 0 Å². The number of hydrogen-bond donors (Lipinski definition) is 1. The van der Waals surface area contributed by atoms with Gasteiger partial charge in [-0.3, -0.25) is 0 Å². The Hall–Kier alpha value is -1.07. The van der Waals surface area contributed by atoms with Gasteiger partial charge in [0.05, 0.1) is 17.6 Å². The van der Waals surface area contributed by atoms with Gasteiger partial charge in [-0.15, -0.1) is 17.5 Å². The van der Waals surface area contributed by atoms with Gasteiger partial charge in [-0.25, -0.2) is 4.98 Å². The number of anilines is 1. The number of fused-ring (bicyclic) bond motifs is 1. The number of nitrogens with two attached hydrogens (primary N) is 1. The molecule has 0 aromatic carbocycles. The molecule has 0 unspecified atom stereocenters. The summed E-state index contributed by atoms with van der Waals surface area (Å²) in [5.41, 5.74) is 7.29. The van der Waals surface area contributed by atoms with Crippen molar-refractivity contribution >= 4 is 35.5 Å². The monoisotopic (exact) mass is 247 g/mol. The zero-order valence-corrected chi connectivity index (χ0v) is 9.88. The second kappa shape index (κ2) is 4.20. The maximum absolute atomic E-state index is 5.80. The van der Waals surface area contributed by atoms with Crippen molar-refractivity contribution in [1.29, 1.82) is 0 Å². The Bertz CT molecular complexity index is 479. The van der Waals surface area contributed by atoms with E-state index >= 15 is 0 Å². The lowest BCUT2D eigenvalue weighted by atomic mass is 10.1. The van der Waals surface area contributed by atoms with Gasteiger partial charge in [-0.2, -0.15) is 9.50 Å². The van der Waals surface area contributed by atoms with Crippen LogP contribution in [-0.4, -0.2) is 19.6 Å². The minimum Gasteiger partial charge on any atom is -0.396 e. The van der Waals surface area contributed by atoms with Crippen molar-refractivity contribution < 1.29 is 0 Å². The second-order valence-electron chi connectivity index (χ2n) is 3.35. The molecule has 5 nitrogen and oxygen atoms in total. The first-order chi connectivity index (χ1) is 6.59. The van der Waals surface area contributed by atoms with Gasteiger partial charge in [0.1, 0.15) is 0 Å². The molecule has 0 bridgehead atoms. The molecule has 2 rings (SSSR count). The molecular weight excluding hydrogens is 237 g/mol. The molecule has 2 aromatic rings. The maximum Gasteiger partial charge on any atom is 0.253 e. The third-order valence-corrected chi connectivity index (χ3v) is 2.11. The molecular formula is C8H11Cl2N5. The molecule has 0 aliphatic carbocycles. The predicted octanol–water partition coefficient (Wildman–Crippen LogP) is 1.91. The Balaban J connectivity index is 0.00000112. The Morgan fingerprint density at radius 3 is 2.73 bits per heavy atom. The molecule has 0 aliphatic heterocycles. The van der Waals surface area contributed by atoms with Crippen LogP contribution in [0.3, 0.4) is 0 Å². The molecule has 0 amide bonds. The van der Waals surface area contributed by atoms with Crippen molar-refractivity contribution in [2.75, 3.05) is 5.73 Å². The summed E-state index contributed by atoms with van der Waals surface area (Å²) in [6.07, 6.45) is 1.58. The van der Waals surface area contributed by atoms with Gasteiger partial charge in [0.15, 0.2) is 0 Å². The largest absolute Gasteiger partial charge is 0.396 e. The topological polar surface area (TPSA) is 69.1 Å². The van der Waals surface area contributed by atoms with E-state index in [1.54, 1.807) is 10.7 Å². The summed E-state index contributed by atoms with van der Waals surface area (Å²) in [4.78, 5) is 7.97. The van der Waals surface area contributed by atoms with Gasteiger partial charge in [0, 0.05) is 0 Å². The SMILES string of the molecule is CC(C)c1c(N)cnc2nc(Cl)nn12.Cl.